The van der Waals surface area contributed by atoms with Crippen LogP contribution >= 0.6 is 24.4 Å². The highest BCUT2D eigenvalue weighted by molar-refractivity contribution is 7.90. The number of thiocarbonyl (C=S) groups is 2. The summed E-state index contributed by atoms with van der Waals surface area (Å²) in [5, 5.41) is 10.3. The molecule has 3 rings (SSSR count). The van der Waals surface area contributed by atoms with Gasteiger partial charge in [0.15, 0.2) is 10.2 Å². The number of alkyl carbamates (subject to hydrolysis) is 2. The molecule has 4 N–H and O–H groups in total. The number of ether oxygens (including phenoxy) is 3. The second kappa shape index (κ2) is 13.9. The van der Waals surface area contributed by atoms with Gasteiger partial charge in [0.2, 0.25) is 5.90 Å². The van der Waals surface area contributed by atoms with Gasteiger partial charge in [-0.1, -0.05) is 36.9 Å². The SMILES string of the molecule is C=CCOC1=NS(=O)(=O)c2ccccc21.COC(=O)NC(=S)Nc1ccccc1NC(=S)NC(=O)OC. The fourth-order valence-electron chi connectivity index (χ4n) is 2.61. The number of amides is 2. The largest absolute Gasteiger partial charge is 0.472 e. The Kier molecular flexibility index (Phi) is 10.9. The quantitative estimate of drug-likeness (QED) is 0.319. The fraction of sp³-hybridized carbons (Fsp3) is 0.136. The number of benzene rings is 2. The molecular weight excluding hydrogens is 542 g/mol. The minimum absolute atomic E-state index is 0.0490. The summed E-state index contributed by atoms with van der Waals surface area (Å²) in [5.74, 6) is 0.144. The average molecular weight is 566 g/mol. The van der Waals surface area contributed by atoms with Gasteiger partial charge in [0.1, 0.15) is 11.5 Å². The third-order valence-electron chi connectivity index (χ3n) is 4.16. The van der Waals surface area contributed by atoms with Gasteiger partial charge in [-0.05, 0) is 48.7 Å². The summed E-state index contributed by atoms with van der Waals surface area (Å²) in [6.45, 7) is 3.72. The number of hydrogen-bond donors (Lipinski definition) is 4. The maximum atomic E-state index is 11.5. The maximum Gasteiger partial charge on any atom is 0.413 e. The van der Waals surface area contributed by atoms with Gasteiger partial charge in [-0.3, -0.25) is 10.6 Å². The van der Waals surface area contributed by atoms with Crippen LogP contribution in [0.3, 0.4) is 0 Å². The molecule has 0 radical (unpaired) electrons. The molecule has 2 aromatic rings. The monoisotopic (exact) mass is 565 g/mol. The molecule has 0 spiro atoms. The lowest BCUT2D eigenvalue weighted by Crippen LogP contribution is -2.35. The Balaban J connectivity index is 0.000000278. The number of sulfonamides is 1. The van der Waals surface area contributed by atoms with Gasteiger partial charge in [-0.25, -0.2) is 9.59 Å². The van der Waals surface area contributed by atoms with Crippen LogP contribution in [-0.2, 0) is 24.2 Å². The number of nitrogens with zero attached hydrogens (tertiary/aromatic N) is 1. The summed E-state index contributed by atoms with van der Waals surface area (Å²) in [6.07, 6.45) is 0.160. The molecule has 0 fully saturated rings. The maximum absolute atomic E-state index is 11.5. The minimum atomic E-state index is -3.56. The lowest BCUT2D eigenvalue weighted by molar-refractivity contribution is 0.176. The first-order chi connectivity index (χ1) is 17.6. The zero-order valence-corrected chi connectivity index (χ0v) is 22.1. The number of fused-ring (bicyclic) bond motifs is 1. The summed E-state index contributed by atoms with van der Waals surface area (Å²) in [5.41, 5.74) is 1.59. The summed E-state index contributed by atoms with van der Waals surface area (Å²) in [7, 11) is -1.10. The van der Waals surface area contributed by atoms with Crippen LogP contribution in [0.2, 0.25) is 0 Å². The Bertz CT molecular complexity index is 1280. The molecule has 0 atom stereocenters. The first-order valence-corrected chi connectivity index (χ1v) is 12.5. The number of rotatable bonds is 4. The Hall–Kier alpha value is -4.08. The molecule has 15 heteroatoms. The average Bonchev–Trinajstić information content (AvgIpc) is 3.14. The van der Waals surface area contributed by atoms with Crippen LogP contribution in [0.25, 0.3) is 0 Å². The van der Waals surface area contributed by atoms with Crippen molar-refractivity contribution < 1.29 is 32.2 Å². The molecule has 0 aromatic heterocycles. The minimum Gasteiger partial charge on any atom is -0.472 e. The van der Waals surface area contributed by atoms with E-state index in [2.05, 4.69) is 41.7 Å². The van der Waals surface area contributed by atoms with Gasteiger partial charge in [-0.2, -0.15) is 8.42 Å². The van der Waals surface area contributed by atoms with Crippen LogP contribution in [0.5, 0.6) is 0 Å². The number of methoxy groups -OCH3 is 2. The van der Waals surface area contributed by atoms with E-state index in [0.29, 0.717) is 16.9 Å². The molecule has 37 heavy (non-hydrogen) atoms. The number of carbonyl (C=O) groups excluding carboxylic acids is 2. The number of para-hydroxylation sites is 2. The van der Waals surface area contributed by atoms with Crippen LogP contribution in [0.1, 0.15) is 5.56 Å². The molecule has 0 aliphatic carbocycles. The second-order valence-electron chi connectivity index (χ2n) is 6.65. The topological polar surface area (TPSA) is 156 Å². The van der Waals surface area contributed by atoms with Crippen LogP contribution in [0.15, 0.2) is 70.5 Å². The highest BCUT2D eigenvalue weighted by Gasteiger charge is 2.29. The van der Waals surface area contributed by atoms with Gasteiger partial charge in [0.25, 0.3) is 10.0 Å². The van der Waals surface area contributed by atoms with Gasteiger partial charge in [-0.15, -0.1) is 4.40 Å². The number of anilines is 2. The van der Waals surface area contributed by atoms with Crippen molar-refractivity contribution in [2.45, 2.75) is 4.90 Å². The van der Waals surface area contributed by atoms with E-state index in [1.807, 2.05) is 0 Å². The molecule has 1 heterocycles. The standard InChI is InChI=1S/C12H14N4O4S2.C10H9NO3S/c1-19-11(17)15-9(21)13-7-5-3-4-6-8(7)14-10(22)16-12(18)20-2;1-2-7-14-10-8-5-3-4-6-9(8)15(12,13)11-10/h3-6H,1-2H3,(H2,13,15,17,21)(H2,14,16,18,22);2-6H,1,7H2. The lowest BCUT2D eigenvalue weighted by atomic mass is 10.2. The second-order valence-corrected chi connectivity index (χ2v) is 9.04. The van der Waals surface area contributed by atoms with E-state index in [1.165, 1.54) is 26.4 Å². The third-order valence-corrected chi connectivity index (χ3v) is 5.89. The zero-order chi connectivity index (χ0) is 27.4. The Morgan fingerprint density at radius 2 is 1.41 bits per heavy atom. The van der Waals surface area contributed by atoms with Crippen molar-refractivity contribution in [1.82, 2.24) is 10.6 Å². The van der Waals surface area contributed by atoms with Crippen molar-refractivity contribution in [3.05, 3.63) is 66.7 Å². The summed E-state index contributed by atoms with van der Waals surface area (Å²) in [6, 6.07) is 13.5. The molecule has 196 valence electrons. The van der Waals surface area contributed by atoms with Crippen LogP contribution in [0.4, 0.5) is 21.0 Å². The van der Waals surface area contributed by atoms with Crippen molar-refractivity contribution >= 4 is 74.1 Å². The van der Waals surface area contributed by atoms with Crippen molar-refractivity contribution in [3.63, 3.8) is 0 Å². The number of nitrogens with one attached hydrogen (secondary N) is 4. The molecular formula is C22H23N5O7S3. The molecule has 2 amide bonds. The lowest BCUT2D eigenvalue weighted by Gasteiger charge is -2.15. The normalized spacial score (nSPS) is 12.2. The third kappa shape index (κ3) is 8.82. The van der Waals surface area contributed by atoms with Gasteiger partial charge >= 0.3 is 12.2 Å². The molecule has 1 aliphatic rings. The molecule has 0 saturated heterocycles. The van der Waals surface area contributed by atoms with Crippen LogP contribution < -0.4 is 21.3 Å². The molecule has 0 bridgehead atoms. The Morgan fingerprint density at radius 3 is 1.89 bits per heavy atom. The summed E-state index contributed by atoms with van der Waals surface area (Å²) >= 11 is 9.93. The fourth-order valence-corrected chi connectivity index (χ4v) is 4.15. The van der Waals surface area contributed by atoms with Gasteiger partial charge < -0.3 is 24.8 Å². The molecule has 0 unspecified atom stereocenters. The van der Waals surface area contributed by atoms with Gasteiger partial charge in [0, 0.05) is 0 Å². The van der Waals surface area contributed by atoms with Crippen molar-refractivity contribution in [3.8, 4) is 0 Å². The van der Waals surface area contributed by atoms with E-state index in [0.717, 1.165) is 0 Å². The first kappa shape index (κ1) is 29.2. The highest BCUT2D eigenvalue weighted by Crippen LogP contribution is 2.26. The number of hydrogen-bond acceptors (Lipinski definition) is 9. The van der Waals surface area contributed by atoms with E-state index >= 15 is 0 Å². The van der Waals surface area contributed by atoms with E-state index in [-0.39, 0.29) is 27.6 Å². The van der Waals surface area contributed by atoms with Crippen LogP contribution in [-0.4, -0.2) is 57.6 Å². The predicted octanol–water partition coefficient (Wildman–Crippen LogP) is 3.13. The molecule has 1 aliphatic heterocycles. The molecule has 0 saturated carbocycles. The zero-order valence-electron chi connectivity index (χ0n) is 19.6. The van der Waals surface area contributed by atoms with E-state index in [1.54, 1.807) is 42.5 Å². The Morgan fingerprint density at radius 1 is 0.919 bits per heavy atom. The van der Waals surface area contributed by atoms with E-state index < -0.39 is 22.2 Å². The Labute approximate surface area is 224 Å². The molecule has 2 aromatic carbocycles. The van der Waals surface area contributed by atoms with Gasteiger partial charge in [0.05, 0.1) is 31.2 Å². The highest BCUT2D eigenvalue weighted by atomic mass is 32.2. The van der Waals surface area contributed by atoms with Crippen molar-refractivity contribution in [2.75, 3.05) is 31.5 Å². The first-order valence-electron chi connectivity index (χ1n) is 10.2. The van der Waals surface area contributed by atoms with Crippen molar-refractivity contribution in [1.29, 1.82) is 0 Å². The number of carbonyl (C=O) groups is 2. The summed E-state index contributed by atoms with van der Waals surface area (Å²) < 4.78 is 40.6. The summed E-state index contributed by atoms with van der Waals surface area (Å²) in [4.78, 5) is 22.3. The molecule has 12 nitrogen and oxygen atoms in total. The van der Waals surface area contributed by atoms with E-state index in [4.69, 9.17) is 29.2 Å². The van der Waals surface area contributed by atoms with Crippen molar-refractivity contribution in [2.24, 2.45) is 4.40 Å². The van der Waals surface area contributed by atoms with E-state index in [9.17, 15) is 18.0 Å². The predicted molar refractivity (Wildman–Crippen MR) is 146 cm³/mol. The van der Waals surface area contributed by atoms with Crippen LogP contribution in [0, 0.1) is 0 Å². The smallest absolute Gasteiger partial charge is 0.413 e.